The molecule has 8 heteroatoms. The summed E-state index contributed by atoms with van der Waals surface area (Å²) in [5, 5.41) is 3.90. The lowest BCUT2D eigenvalue weighted by atomic mass is 10.1. The van der Waals surface area contributed by atoms with Gasteiger partial charge in [0.25, 0.3) is 0 Å². The van der Waals surface area contributed by atoms with Crippen LogP contribution in [0.5, 0.6) is 5.75 Å². The Balaban J connectivity index is 1.38. The number of nitrogens with zero attached hydrogens (tertiary/aromatic N) is 3. The maximum Gasteiger partial charge on any atom is 0.227 e. The Morgan fingerprint density at radius 1 is 1.11 bits per heavy atom. The van der Waals surface area contributed by atoms with Crippen molar-refractivity contribution in [1.29, 1.82) is 0 Å². The molecule has 2 amide bonds. The molecule has 1 saturated heterocycles. The summed E-state index contributed by atoms with van der Waals surface area (Å²) < 4.78 is 11.1. The fourth-order valence-corrected chi connectivity index (χ4v) is 4.17. The Labute approximate surface area is 205 Å². The molecule has 1 aliphatic rings. The third-order valence-electron chi connectivity index (χ3n) is 6.09. The number of amides is 2. The normalized spacial score (nSPS) is 13.5. The number of ether oxygens (including phenoxy) is 2. The van der Waals surface area contributed by atoms with Crippen LogP contribution in [0, 0.1) is 6.92 Å². The van der Waals surface area contributed by atoms with Gasteiger partial charge in [-0.3, -0.25) is 9.59 Å². The van der Waals surface area contributed by atoms with Crippen molar-refractivity contribution < 1.29 is 19.1 Å². The highest BCUT2D eigenvalue weighted by atomic mass is 16.5. The molecule has 0 radical (unpaired) electrons. The summed E-state index contributed by atoms with van der Waals surface area (Å²) in [4.78, 5) is 33.9. The predicted molar refractivity (Wildman–Crippen MR) is 138 cm³/mol. The van der Waals surface area contributed by atoms with Gasteiger partial charge >= 0.3 is 0 Å². The van der Waals surface area contributed by atoms with Gasteiger partial charge in [-0.2, -0.15) is 0 Å². The second-order valence-electron chi connectivity index (χ2n) is 8.53. The number of nitrogens with one attached hydrogen (secondary N) is 1. The third kappa shape index (κ3) is 5.89. The van der Waals surface area contributed by atoms with Crippen LogP contribution in [0.4, 0.5) is 17.2 Å². The Kier molecular flexibility index (Phi) is 7.82. The van der Waals surface area contributed by atoms with Crippen molar-refractivity contribution in [2.75, 3.05) is 55.1 Å². The maximum absolute atomic E-state index is 12.7. The number of anilines is 3. The number of fused-ring (bicyclic) bond motifs is 1. The number of carbonyl (C=O) groups is 2. The molecule has 0 aliphatic carbocycles. The number of rotatable bonds is 8. The molecule has 1 aromatic heterocycles. The minimum Gasteiger partial charge on any atom is -0.492 e. The number of hydrogen-bond acceptors (Lipinski definition) is 6. The molecule has 2 aromatic carbocycles. The lowest BCUT2D eigenvalue weighted by Crippen LogP contribution is -2.36. The predicted octanol–water partition coefficient (Wildman–Crippen LogP) is 4.16. The number of carbonyl (C=O) groups excluding carboxylic acids is 2. The zero-order chi connectivity index (χ0) is 24.8. The summed E-state index contributed by atoms with van der Waals surface area (Å²) in [6, 6.07) is 15.2. The van der Waals surface area contributed by atoms with Gasteiger partial charge in [-0.05, 0) is 55.8 Å². The SMILES string of the molecule is CCOc1ccccc1N(C)C(=O)CCC(=O)Nc1ccc2nc(N3CCOCC3)cc(C)c2c1. The molecule has 1 N–H and O–H groups in total. The van der Waals surface area contributed by atoms with Crippen molar-refractivity contribution in [3.05, 3.63) is 54.1 Å². The van der Waals surface area contributed by atoms with Gasteiger partial charge in [0.15, 0.2) is 0 Å². The minimum absolute atomic E-state index is 0.0885. The standard InChI is InChI=1S/C27H32N4O4/c1-4-35-24-8-6-5-7-23(24)30(3)27(33)12-11-26(32)28-20-9-10-22-21(18-20)19(2)17-25(29-22)31-13-15-34-16-14-31/h5-10,17-18H,4,11-16H2,1-3H3,(H,28,32). The Morgan fingerprint density at radius 2 is 1.89 bits per heavy atom. The van der Waals surface area contributed by atoms with Gasteiger partial charge in [0.2, 0.25) is 11.8 Å². The molecule has 8 nitrogen and oxygen atoms in total. The van der Waals surface area contributed by atoms with E-state index in [4.69, 9.17) is 14.5 Å². The van der Waals surface area contributed by atoms with Crippen molar-refractivity contribution in [1.82, 2.24) is 4.98 Å². The first-order chi connectivity index (χ1) is 17.0. The van der Waals surface area contributed by atoms with Crippen LogP contribution in [0.15, 0.2) is 48.5 Å². The second-order valence-corrected chi connectivity index (χ2v) is 8.53. The van der Waals surface area contributed by atoms with Crippen LogP contribution in [0.3, 0.4) is 0 Å². The van der Waals surface area contributed by atoms with E-state index in [2.05, 4.69) is 16.3 Å². The number of aromatic nitrogens is 1. The average molecular weight is 477 g/mol. The Hall–Kier alpha value is -3.65. The van der Waals surface area contributed by atoms with Crippen LogP contribution in [-0.2, 0) is 14.3 Å². The lowest BCUT2D eigenvalue weighted by Gasteiger charge is -2.28. The summed E-state index contributed by atoms with van der Waals surface area (Å²) in [5.74, 6) is 1.23. The highest BCUT2D eigenvalue weighted by Gasteiger charge is 2.17. The molecule has 1 fully saturated rings. The van der Waals surface area contributed by atoms with Gasteiger partial charge in [-0.1, -0.05) is 12.1 Å². The van der Waals surface area contributed by atoms with E-state index in [1.807, 2.05) is 56.3 Å². The first-order valence-electron chi connectivity index (χ1n) is 12.0. The molecule has 2 heterocycles. The Morgan fingerprint density at radius 3 is 2.66 bits per heavy atom. The number of benzene rings is 2. The van der Waals surface area contributed by atoms with Crippen molar-refractivity contribution >= 4 is 39.9 Å². The zero-order valence-corrected chi connectivity index (χ0v) is 20.5. The molecule has 0 saturated carbocycles. The summed E-state index contributed by atoms with van der Waals surface area (Å²) in [7, 11) is 1.70. The average Bonchev–Trinajstić information content (AvgIpc) is 2.88. The summed E-state index contributed by atoms with van der Waals surface area (Å²) >= 11 is 0. The second kappa shape index (κ2) is 11.2. The smallest absolute Gasteiger partial charge is 0.227 e. The maximum atomic E-state index is 12.7. The number of aryl methyl sites for hydroxylation is 1. The van der Waals surface area contributed by atoms with Crippen molar-refractivity contribution in [3.8, 4) is 5.75 Å². The van der Waals surface area contributed by atoms with Crippen molar-refractivity contribution in [2.45, 2.75) is 26.7 Å². The van der Waals surface area contributed by atoms with Gasteiger partial charge in [0.1, 0.15) is 11.6 Å². The summed E-state index contributed by atoms with van der Waals surface area (Å²) in [6.45, 7) is 7.54. The number of hydrogen-bond donors (Lipinski definition) is 1. The number of pyridine rings is 1. The fraction of sp³-hybridized carbons (Fsp3) is 0.370. The number of para-hydroxylation sites is 2. The molecule has 0 atom stereocenters. The van der Waals surface area contributed by atoms with Crippen molar-refractivity contribution in [3.63, 3.8) is 0 Å². The molecule has 0 bridgehead atoms. The van der Waals surface area contributed by atoms with Gasteiger partial charge < -0.3 is 24.6 Å². The van der Waals surface area contributed by atoms with E-state index in [1.165, 1.54) is 4.90 Å². The molecular weight excluding hydrogens is 444 g/mol. The van der Waals surface area contributed by atoms with Crippen LogP contribution in [0.25, 0.3) is 10.9 Å². The number of morpholine rings is 1. The van der Waals surface area contributed by atoms with Gasteiger partial charge in [-0.15, -0.1) is 0 Å². The summed E-state index contributed by atoms with van der Waals surface area (Å²) in [5.41, 5.74) is 3.36. The fourth-order valence-electron chi connectivity index (χ4n) is 4.17. The molecule has 0 spiro atoms. The first-order valence-corrected chi connectivity index (χ1v) is 12.0. The molecule has 35 heavy (non-hydrogen) atoms. The van der Waals surface area contributed by atoms with Crippen LogP contribution >= 0.6 is 0 Å². The van der Waals surface area contributed by atoms with E-state index in [1.54, 1.807) is 7.05 Å². The van der Waals surface area contributed by atoms with Crippen LogP contribution < -0.4 is 19.9 Å². The largest absolute Gasteiger partial charge is 0.492 e. The molecular formula is C27H32N4O4. The van der Waals surface area contributed by atoms with E-state index in [-0.39, 0.29) is 24.7 Å². The monoisotopic (exact) mass is 476 g/mol. The van der Waals surface area contributed by atoms with Gasteiger partial charge in [-0.25, -0.2) is 4.98 Å². The summed E-state index contributed by atoms with van der Waals surface area (Å²) in [6.07, 6.45) is 0.186. The molecule has 4 rings (SSSR count). The van der Waals surface area contributed by atoms with Crippen LogP contribution in [0.1, 0.15) is 25.3 Å². The highest BCUT2D eigenvalue weighted by molar-refractivity contribution is 5.99. The van der Waals surface area contributed by atoms with E-state index in [9.17, 15) is 9.59 Å². The van der Waals surface area contributed by atoms with Crippen molar-refractivity contribution in [2.24, 2.45) is 0 Å². The van der Waals surface area contributed by atoms with Crippen LogP contribution in [0.2, 0.25) is 0 Å². The zero-order valence-electron chi connectivity index (χ0n) is 20.5. The highest BCUT2D eigenvalue weighted by Crippen LogP contribution is 2.28. The van der Waals surface area contributed by atoms with Crippen LogP contribution in [-0.4, -0.2) is 56.8 Å². The first kappa shape index (κ1) is 24.5. The molecule has 184 valence electrons. The van der Waals surface area contributed by atoms with E-state index in [0.29, 0.717) is 36.9 Å². The quantitative estimate of drug-likeness (QED) is 0.526. The molecule has 0 unspecified atom stereocenters. The Bertz CT molecular complexity index is 1210. The van der Waals surface area contributed by atoms with Gasteiger partial charge in [0.05, 0.1) is 31.0 Å². The molecule has 3 aromatic rings. The topological polar surface area (TPSA) is 84.0 Å². The van der Waals surface area contributed by atoms with Gasteiger partial charge in [0, 0.05) is 44.1 Å². The minimum atomic E-state index is -0.209. The van der Waals surface area contributed by atoms with E-state index < -0.39 is 0 Å². The molecule has 1 aliphatic heterocycles. The van der Waals surface area contributed by atoms with E-state index >= 15 is 0 Å². The van der Waals surface area contributed by atoms with E-state index in [0.717, 1.165) is 35.4 Å². The third-order valence-corrected chi connectivity index (χ3v) is 6.09. The lowest BCUT2D eigenvalue weighted by molar-refractivity contribution is -0.122.